The van der Waals surface area contributed by atoms with Crippen molar-refractivity contribution in [1.29, 1.82) is 0 Å². The second-order valence-electron chi connectivity index (χ2n) is 4.97. The fourth-order valence-electron chi connectivity index (χ4n) is 2.18. The van der Waals surface area contributed by atoms with Gasteiger partial charge in [0, 0.05) is 33.4 Å². The van der Waals surface area contributed by atoms with E-state index in [1.165, 1.54) is 0 Å². The van der Waals surface area contributed by atoms with Gasteiger partial charge in [0.05, 0.1) is 18.9 Å². The first-order chi connectivity index (χ1) is 10.4. The van der Waals surface area contributed by atoms with E-state index >= 15 is 0 Å². The third kappa shape index (κ3) is 7.46. The van der Waals surface area contributed by atoms with Gasteiger partial charge in [0.2, 0.25) is 0 Å². The van der Waals surface area contributed by atoms with E-state index in [0.717, 1.165) is 57.3 Å². The zero-order chi connectivity index (χ0) is 14.8. The standard InChI is InChI=1S/C15H25N3O3.HI/c1-16-15(18-12-14-4-2-8-21-14)17-7-3-9-20-13-5-10-19-11-6-13;/h2,4,8,13H,3,5-7,9-12H2,1H3,(H2,16,17,18);1H. The molecule has 0 aliphatic carbocycles. The zero-order valence-corrected chi connectivity index (χ0v) is 15.4. The predicted molar refractivity (Wildman–Crippen MR) is 96.7 cm³/mol. The monoisotopic (exact) mass is 423 g/mol. The van der Waals surface area contributed by atoms with E-state index in [2.05, 4.69) is 15.6 Å². The smallest absolute Gasteiger partial charge is 0.191 e. The summed E-state index contributed by atoms with van der Waals surface area (Å²) >= 11 is 0. The zero-order valence-electron chi connectivity index (χ0n) is 13.0. The number of nitrogens with zero attached hydrogens (tertiary/aromatic N) is 1. The van der Waals surface area contributed by atoms with Crippen LogP contribution in [-0.2, 0) is 16.0 Å². The molecule has 0 unspecified atom stereocenters. The summed E-state index contributed by atoms with van der Waals surface area (Å²) in [6.07, 6.45) is 5.02. The van der Waals surface area contributed by atoms with Crippen LogP contribution in [0, 0.1) is 0 Å². The first-order valence-electron chi connectivity index (χ1n) is 7.54. The minimum Gasteiger partial charge on any atom is -0.467 e. The fourth-order valence-corrected chi connectivity index (χ4v) is 2.18. The SMILES string of the molecule is CN=C(NCCCOC1CCOCC1)NCc1ccco1.I. The summed E-state index contributed by atoms with van der Waals surface area (Å²) in [6, 6.07) is 3.81. The van der Waals surface area contributed by atoms with Gasteiger partial charge in [-0.1, -0.05) is 0 Å². The van der Waals surface area contributed by atoms with E-state index in [0.29, 0.717) is 12.6 Å². The van der Waals surface area contributed by atoms with Gasteiger partial charge in [0.25, 0.3) is 0 Å². The van der Waals surface area contributed by atoms with Gasteiger partial charge in [0.15, 0.2) is 5.96 Å². The van der Waals surface area contributed by atoms with Crippen molar-refractivity contribution >= 4 is 29.9 Å². The van der Waals surface area contributed by atoms with Crippen molar-refractivity contribution in [2.24, 2.45) is 4.99 Å². The van der Waals surface area contributed by atoms with Gasteiger partial charge in [-0.25, -0.2) is 0 Å². The van der Waals surface area contributed by atoms with Crippen molar-refractivity contribution in [2.45, 2.75) is 31.9 Å². The number of furan rings is 1. The van der Waals surface area contributed by atoms with E-state index in [1.807, 2.05) is 12.1 Å². The molecule has 1 aliphatic rings. The molecule has 1 fully saturated rings. The molecular weight excluding hydrogens is 397 g/mol. The lowest BCUT2D eigenvalue weighted by atomic mass is 10.1. The van der Waals surface area contributed by atoms with Crippen molar-refractivity contribution in [3.63, 3.8) is 0 Å². The molecule has 2 rings (SSSR count). The molecule has 0 radical (unpaired) electrons. The van der Waals surface area contributed by atoms with Crippen LogP contribution in [-0.4, -0.2) is 45.5 Å². The van der Waals surface area contributed by atoms with Crippen LogP contribution < -0.4 is 10.6 Å². The summed E-state index contributed by atoms with van der Waals surface area (Å²) in [4.78, 5) is 4.17. The molecule has 0 spiro atoms. The maximum Gasteiger partial charge on any atom is 0.191 e. The molecule has 1 aliphatic heterocycles. The van der Waals surface area contributed by atoms with Gasteiger partial charge >= 0.3 is 0 Å². The Morgan fingerprint density at radius 3 is 2.86 bits per heavy atom. The molecule has 7 heteroatoms. The Morgan fingerprint density at radius 2 is 2.18 bits per heavy atom. The van der Waals surface area contributed by atoms with Crippen molar-refractivity contribution in [2.75, 3.05) is 33.4 Å². The van der Waals surface area contributed by atoms with Crippen LogP contribution >= 0.6 is 24.0 Å². The third-order valence-electron chi connectivity index (χ3n) is 3.37. The normalized spacial score (nSPS) is 16.1. The first-order valence-corrected chi connectivity index (χ1v) is 7.54. The highest BCUT2D eigenvalue weighted by Crippen LogP contribution is 2.10. The Balaban J connectivity index is 0.00000242. The summed E-state index contributed by atoms with van der Waals surface area (Å²) < 4.78 is 16.4. The Hall–Kier alpha value is -0.800. The molecule has 1 saturated heterocycles. The average molecular weight is 423 g/mol. The van der Waals surface area contributed by atoms with Gasteiger partial charge in [0.1, 0.15) is 5.76 Å². The lowest BCUT2D eigenvalue weighted by molar-refractivity contribution is -0.0320. The number of aliphatic imine (C=N–C) groups is 1. The number of nitrogens with one attached hydrogen (secondary N) is 2. The first kappa shape index (κ1) is 19.2. The van der Waals surface area contributed by atoms with Crippen molar-refractivity contribution in [1.82, 2.24) is 10.6 Å². The van der Waals surface area contributed by atoms with Gasteiger partial charge in [-0.15, -0.1) is 24.0 Å². The Kier molecular flexibility index (Phi) is 10.3. The third-order valence-corrected chi connectivity index (χ3v) is 3.37. The van der Waals surface area contributed by atoms with Gasteiger partial charge in [-0.3, -0.25) is 4.99 Å². The number of hydrogen-bond acceptors (Lipinski definition) is 4. The molecule has 0 bridgehead atoms. The fraction of sp³-hybridized carbons (Fsp3) is 0.667. The van der Waals surface area contributed by atoms with Crippen LogP contribution in [0.15, 0.2) is 27.8 Å². The van der Waals surface area contributed by atoms with Gasteiger partial charge < -0.3 is 24.5 Å². The van der Waals surface area contributed by atoms with Crippen LogP contribution in [0.1, 0.15) is 25.0 Å². The maximum atomic E-state index is 5.82. The summed E-state index contributed by atoms with van der Waals surface area (Å²) in [5, 5.41) is 6.46. The lowest BCUT2D eigenvalue weighted by Crippen LogP contribution is -2.37. The molecular formula is C15H26IN3O3. The second-order valence-corrected chi connectivity index (χ2v) is 4.97. The average Bonchev–Trinajstić information content (AvgIpc) is 3.04. The highest BCUT2D eigenvalue weighted by molar-refractivity contribution is 14.0. The predicted octanol–water partition coefficient (Wildman–Crippen LogP) is 2.15. The molecule has 0 atom stereocenters. The summed E-state index contributed by atoms with van der Waals surface area (Å²) in [6.45, 7) is 3.89. The van der Waals surface area contributed by atoms with Crippen LogP contribution in [0.2, 0.25) is 0 Å². The molecule has 2 heterocycles. The lowest BCUT2D eigenvalue weighted by Gasteiger charge is -2.22. The Bertz CT molecular complexity index is 406. The Labute approximate surface area is 149 Å². The molecule has 0 aromatic carbocycles. The molecule has 1 aromatic heterocycles. The number of hydrogen-bond donors (Lipinski definition) is 2. The molecule has 6 nitrogen and oxygen atoms in total. The topological polar surface area (TPSA) is 68.0 Å². The largest absolute Gasteiger partial charge is 0.467 e. The van der Waals surface area contributed by atoms with Crippen molar-refractivity contribution in [3.05, 3.63) is 24.2 Å². The minimum absolute atomic E-state index is 0. The second kappa shape index (κ2) is 11.7. The molecule has 126 valence electrons. The number of guanidine groups is 1. The van der Waals surface area contributed by atoms with E-state index in [1.54, 1.807) is 13.3 Å². The molecule has 0 amide bonds. The highest BCUT2D eigenvalue weighted by atomic mass is 127. The van der Waals surface area contributed by atoms with Crippen LogP contribution in [0.5, 0.6) is 0 Å². The van der Waals surface area contributed by atoms with Crippen LogP contribution in [0.4, 0.5) is 0 Å². The van der Waals surface area contributed by atoms with E-state index < -0.39 is 0 Å². The Morgan fingerprint density at radius 1 is 1.36 bits per heavy atom. The van der Waals surface area contributed by atoms with E-state index in [-0.39, 0.29) is 24.0 Å². The maximum absolute atomic E-state index is 5.82. The molecule has 1 aromatic rings. The molecule has 22 heavy (non-hydrogen) atoms. The summed E-state index contributed by atoms with van der Waals surface area (Å²) in [5.41, 5.74) is 0. The highest BCUT2D eigenvalue weighted by Gasteiger charge is 2.13. The summed E-state index contributed by atoms with van der Waals surface area (Å²) in [5.74, 6) is 1.67. The van der Waals surface area contributed by atoms with E-state index in [4.69, 9.17) is 13.9 Å². The minimum atomic E-state index is 0. The van der Waals surface area contributed by atoms with Crippen LogP contribution in [0.3, 0.4) is 0 Å². The quantitative estimate of drug-likeness (QED) is 0.305. The van der Waals surface area contributed by atoms with Gasteiger partial charge in [-0.05, 0) is 31.4 Å². The number of rotatable bonds is 7. The van der Waals surface area contributed by atoms with Gasteiger partial charge in [-0.2, -0.15) is 0 Å². The summed E-state index contributed by atoms with van der Waals surface area (Å²) in [7, 11) is 1.76. The number of halogens is 1. The van der Waals surface area contributed by atoms with Crippen molar-refractivity contribution < 1.29 is 13.9 Å². The number of ether oxygens (including phenoxy) is 2. The molecule has 0 saturated carbocycles. The van der Waals surface area contributed by atoms with Crippen molar-refractivity contribution in [3.8, 4) is 0 Å². The van der Waals surface area contributed by atoms with E-state index in [9.17, 15) is 0 Å². The molecule has 2 N–H and O–H groups in total. The van der Waals surface area contributed by atoms with Crippen LogP contribution in [0.25, 0.3) is 0 Å².